The Labute approximate surface area is 120 Å². The van der Waals surface area contributed by atoms with Gasteiger partial charge in [-0.05, 0) is 37.1 Å². The molecule has 0 spiro atoms. The van der Waals surface area contributed by atoms with Crippen LogP contribution >= 0.6 is 23.2 Å². The van der Waals surface area contributed by atoms with Crippen LogP contribution in [0.2, 0.25) is 10.0 Å². The molecule has 2 nitrogen and oxygen atoms in total. The first-order valence-corrected chi connectivity index (χ1v) is 7.08. The number of methoxy groups -OCH3 is 1. The fourth-order valence-electron chi connectivity index (χ4n) is 2.14. The van der Waals surface area contributed by atoms with Crippen molar-refractivity contribution in [2.45, 2.75) is 38.8 Å². The van der Waals surface area contributed by atoms with E-state index >= 15 is 0 Å². The van der Waals surface area contributed by atoms with Crippen LogP contribution in [-0.4, -0.2) is 25.8 Å². The lowest BCUT2D eigenvalue weighted by atomic mass is 9.99. The van der Waals surface area contributed by atoms with Crippen LogP contribution in [0.3, 0.4) is 0 Å². The maximum atomic E-state index is 6.21. The summed E-state index contributed by atoms with van der Waals surface area (Å²) in [5.74, 6) is 0. The minimum Gasteiger partial charge on any atom is -0.380 e. The molecular weight excluding hydrogens is 269 g/mol. The highest BCUT2D eigenvalue weighted by Crippen LogP contribution is 2.23. The number of ether oxygens (including phenoxy) is 1. The Hall–Kier alpha value is -0.280. The van der Waals surface area contributed by atoms with Gasteiger partial charge < -0.3 is 10.1 Å². The zero-order valence-electron chi connectivity index (χ0n) is 11.2. The standard InChI is InChI=1S/C14H21Cl2NO/c1-4-14(18-3)13(17-5-2)8-10-6-7-11(15)9-12(10)16/h6-7,9,13-14,17H,4-5,8H2,1-3H3. The number of halogens is 2. The highest BCUT2D eigenvalue weighted by molar-refractivity contribution is 6.35. The number of rotatable bonds is 7. The number of hydrogen-bond acceptors (Lipinski definition) is 2. The van der Waals surface area contributed by atoms with Gasteiger partial charge in [0.25, 0.3) is 0 Å². The van der Waals surface area contributed by atoms with Crippen LogP contribution in [-0.2, 0) is 11.2 Å². The molecule has 2 atom stereocenters. The van der Waals surface area contributed by atoms with Crippen molar-refractivity contribution in [2.24, 2.45) is 0 Å². The predicted octanol–water partition coefficient (Wildman–Crippen LogP) is 3.94. The van der Waals surface area contributed by atoms with Crippen LogP contribution in [0.1, 0.15) is 25.8 Å². The zero-order chi connectivity index (χ0) is 13.5. The van der Waals surface area contributed by atoms with Crippen LogP contribution in [0.25, 0.3) is 0 Å². The van der Waals surface area contributed by atoms with E-state index in [0.29, 0.717) is 5.02 Å². The molecule has 0 saturated heterocycles. The van der Waals surface area contributed by atoms with Gasteiger partial charge in [0.1, 0.15) is 0 Å². The summed E-state index contributed by atoms with van der Waals surface area (Å²) in [7, 11) is 1.75. The molecule has 0 heterocycles. The highest BCUT2D eigenvalue weighted by atomic mass is 35.5. The third kappa shape index (κ3) is 4.43. The van der Waals surface area contributed by atoms with E-state index in [-0.39, 0.29) is 12.1 Å². The van der Waals surface area contributed by atoms with Gasteiger partial charge in [-0.3, -0.25) is 0 Å². The van der Waals surface area contributed by atoms with E-state index in [9.17, 15) is 0 Å². The lowest BCUT2D eigenvalue weighted by Gasteiger charge is -2.26. The van der Waals surface area contributed by atoms with Gasteiger partial charge in [-0.15, -0.1) is 0 Å². The SMILES string of the molecule is CCNC(Cc1ccc(Cl)cc1Cl)C(CC)OC. The third-order valence-electron chi connectivity index (χ3n) is 3.08. The minimum atomic E-state index is 0.191. The molecule has 0 aliphatic rings. The van der Waals surface area contributed by atoms with Crippen molar-refractivity contribution in [1.82, 2.24) is 5.32 Å². The van der Waals surface area contributed by atoms with Crippen molar-refractivity contribution in [3.8, 4) is 0 Å². The molecule has 0 fully saturated rings. The average molecular weight is 290 g/mol. The second-order valence-electron chi connectivity index (χ2n) is 4.29. The van der Waals surface area contributed by atoms with Crippen molar-refractivity contribution >= 4 is 23.2 Å². The van der Waals surface area contributed by atoms with Crippen molar-refractivity contribution in [2.75, 3.05) is 13.7 Å². The Morgan fingerprint density at radius 3 is 2.50 bits per heavy atom. The van der Waals surface area contributed by atoms with Gasteiger partial charge in [-0.25, -0.2) is 0 Å². The van der Waals surface area contributed by atoms with Crippen LogP contribution in [0.5, 0.6) is 0 Å². The normalized spacial score (nSPS) is 14.5. The number of benzene rings is 1. The zero-order valence-corrected chi connectivity index (χ0v) is 12.7. The van der Waals surface area contributed by atoms with Crippen LogP contribution in [0.4, 0.5) is 0 Å². The Bertz CT molecular complexity index is 367. The van der Waals surface area contributed by atoms with E-state index in [1.165, 1.54) is 0 Å². The molecule has 1 aromatic rings. The first-order chi connectivity index (χ1) is 8.62. The van der Waals surface area contributed by atoms with Crippen molar-refractivity contribution in [3.05, 3.63) is 33.8 Å². The topological polar surface area (TPSA) is 21.3 Å². The molecule has 0 radical (unpaired) electrons. The van der Waals surface area contributed by atoms with E-state index in [0.717, 1.165) is 30.0 Å². The summed E-state index contributed by atoms with van der Waals surface area (Å²) in [6.45, 7) is 5.14. The second-order valence-corrected chi connectivity index (χ2v) is 5.13. The Morgan fingerprint density at radius 1 is 1.28 bits per heavy atom. The molecule has 1 rings (SSSR count). The van der Waals surface area contributed by atoms with Crippen molar-refractivity contribution < 1.29 is 4.74 Å². The van der Waals surface area contributed by atoms with Gasteiger partial charge in [-0.1, -0.05) is 43.1 Å². The molecule has 18 heavy (non-hydrogen) atoms. The van der Waals surface area contributed by atoms with Crippen molar-refractivity contribution in [1.29, 1.82) is 0 Å². The van der Waals surface area contributed by atoms with E-state index in [2.05, 4.69) is 19.2 Å². The monoisotopic (exact) mass is 289 g/mol. The maximum Gasteiger partial charge on any atom is 0.0724 e. The number of hydrogen-bond donors (Lipinski definition) is 1. The third-order valence-corrected chi connectivity index (χ3v) is 3.66. The molecule has 1 aromatic carbocycles. The molecule has 1 N–H and O–H groups in total. The summed E-state index contributed by atoms with van der Waals surface area (Å²) in [4.78, 5) is 0. The Morgan fingerprint density at radius 2 is 2.00 bits per heavy atom. The van der Waals surface area contributed by atoms with E-state index in [1.54, 1.807) is 13.2 Å². The van der Waals surface area contributed by atoms with Gasteiger partial charge in [0.05, 0.1) is 6.10 Å². The van der Waals surface area contributed by atoms with Gasteiger partial charge >= 0.3 is 0 Å². The smallest absolute Gasteiger partial charge is 0.0724 e. The molecular formula is C14H21Cl2NO. The van der Waals surface area contributed by atoms with Crippen LogP contribution < -0.4 is 5.32 Å². The first-order valence-electron chi connectivity index (χ1n) is 6.32. The lowest BCUT2D eigenvalue weighted by molar-refractivity contribution is 0.0658. The second kappa shape index (κ2) is 8.00. The summed E-state index contributed by atoms with van der Waals surface area (Å²) in [6.07, 6.45) is 2.01. The fourth-order valence-corrected chi connectivity index (χ4v) is 2.62. The van der Waals surface area contributed by atoms with Crippen molar-refractivity contribution in [3.63, 3.8) is 0 Å². The quantitative estimate of drug-likeness (QED) is 0.821. The molecule has 0 aliphatic heterocycles. The molecule has 102 valence electrons. The molecule has 0 aromatic heterocycles. The lowest BCUT2D eigenvalue weighted by Crippen LogP contribution is -2.42. The molecule has 2 unspecified atom stereocenters. The highest BCUT2D eigenvalue weighted by Gasteiger charge is 2.20. The van der Waals surface area contributed by atoms with Gasteiger partial charge in [-0.2, -0.15) is 0 Å². The minimum absolute atomic E-state index is 0.191. The van der Waals surface area contributed by atoms with Crippen LogP contribution in [0.15, 0.2) is 18.2 Å². The molecule has 0 bridgehead atoms. The number of nitrogens with one attached hydrogen (secondary N) is 1. The van der Waals surface area contributed by atoms with E-state index < -0.39 is 0 Å². The molecule has 0 amide bonds. The molecule has 4 heteroatoms. The Balaban J connectivity index is 2.82. The number of likely N-dealkylation sites (N-methyl/N-ethyl adjacent to an activating group) is 1. The van der Waals surface area contributed by atoms with E-state index in [1.807, 2.05) is 12.1 Å². The van der Waals surface area contributed by atoms with E-state index in [4.69, 9.17) is 27.9 Å². The predicted molar refractivity (Wildman–Crippen MR) is 78.7 cm³/mol. The van der Waals surface area contributed by atoms with Gasteiger partial charge in [0.15, 0.2) is 0 Å². The summed E-state index contributed by atoms with van der Waals surface area (Å²) < 4.78 is 5.52. The summed E-state index contributed by atoms with van der Waals surface area (Å²) in [5, 5.41) is 4.85. The largest absolute Gasteiger partial charge is 0.380 e. The average Bonchev–Trinajstić information content (AvgIpc) is 2.34. The summed E-state index contributed by atoms with van der Waals surface area (Å²) >= 11 is 12.1. The first kappa shape index (κ1) is 15.8. The summed E-state index contributed by atoms with van der Waals surface area (Å²) in [5.41, 5.74) is 1.10. The van der Waals surface area contributed by atoms with Gasteiger partial charge in [0, 0.05) is 23.2 Å². The van der Waals surface area contributed by atoms with Crippen LogP contribution in [0, 0.1) is 0 Å². The fraction of sp³-hybridized carbons (Fsp3) is 0.571. The summed E-state index contributed by atoms with van der Waals surface area (Å²) in [6, 6.07) is 5.91. The molecule has 0 aliphatic carbocycles. The van der Waals surface area contributed by atoms with Gasteiger partial charge in [0.2, 0.25) is 0 Å². The maximum absolute atomic E-state index is 6.21. The molecule has 0 saturated carbocycles. The Kier molecular flexibility index (Phi) is 7.02.